The number of carbonyl (C=O) groups is 1. The highest BCUT2D eigenvalue weighted by Crippen LogP contribution is 2.70. The van der Waals surface area contributed by atoms with E-state index in [0.717, 1.165) is 0 Å². The van der Waals surface area contributed by atoms with Gasteiger partial charge in [-0.05, 0) is 43.9 Å². The van der Waals surface area contributed by atoms with Gasteiger partial charge in [-0.15, -0.1) is 0 Å². The van der Waals surface area contributed by atoms with Crippen molar-refractivity contribution < 1.29 is 86.0 Å². The van der Waals surface area contributed by atoms with Crippen molar-refractivity contribution in [2.24, 2.45) is 11.8 Å². The van der Waals surface area contributed by atoms with Gasteiger partial charge in [-0.25, -0.2) is 9.18 Å². The van der Waals surface area contributed by atoms with Gasteiger partial charge >= 0.3 is 40.8 Å². The first-order chi connectivity index (χ1) is 17.5. The Labute approximate surface area is 213 Å². The van der Waals surface area contributed by atoms with Crippen molar-refractivity contribution in [2.45, 2.75) is 90.3 Å². The van der Waals surface area contributed by atoms with Gasteiger partial charge in [0.2, 0.25) is 0 Å². The van der Waals surface area contributed by atoms with Crippen molar-refractivity contribution >= 4 is 18.0 Å². The van der Waals surface area contributed by atoms with E-state index < -0.39 is 94.6 Å². The van der Waals surface area contributed by atoms with Crippen molar-refractivity contribution in [3.8, 4) is 0 Å². The lowest BCUT2D eigenvalue weighted by Crippen LogP contribution is -2.84. The van der Waals surface area contributed by atoms with Crippen molar-refractivity contribution in [3.63, 3.8) is 0 Å². The van der Waals surface area contributed by atoms with Crippen LogP contribution in [0, 0.1) is 11.8 Å². The minimum Gasteiger partial charge on any atom is -0.691 e. The standard InChI is InChI=1S/C19H17F13O6S/c20-13(15(23,24)17(27,28)19(31,32)18(29,30)16(13,25)26)7-35-11-2-8-1-9(3-11)5-12(4-8,6-11)36-10(33)14(21,22)39-38-37-34/h8-9,34H,1-7H2/p-1. The van der Waals surface area contributed by atoms with E-state index in [1.54, 1.807) is 0 Å². The molecule has 6 nitrogen and oxygen atoms in total. The molecule has 0 aromatic heterocycles. The van der Waals surface area contributed by atoms with Crippen LogP contribution in [0.25, 0.3) is 0 Å². The van der Waals surface area contributed by atoms with E-state index in [1.165, 1.54) is 0 Å². The maximum atomic E-state index is 15.2. The highest BCUT2D eigenvalue weighted by Gasteiger charge is 3.01. The fourth-order valence-electron chi connectivity index (χ4n) is 6.45. The Morgan fingerprint density at radius 2 is 1.21 bits per heavy atom. The molecule has 5 saturated carbocycles. The zero-order chi connectivity index (χ0) is 29.7. The normalized spacial score (nSPS) is 38.4. The third-order valence-electron chi connectivity index (χ3n) is 7.82. The Morgan fingerprint density at radius 1 is 0.769 bits per heavy atom. The van der Waals surface area contributed by atoms with Crippen LogP contribution in [0.5, 0.6) is 0 Å². The fraction of sp³-hybridized carbons (Fsp3) is 0.947. The van der Waals surface area contributed by atoms with Crippen LogP contribution >= 0.6 is 12.0 Å². The number of rotatable bonds is 8. The molecule has 5 aliphatic carbocycles. The van der Waals surface area contributed by atoms with E-state index in [1.807, 2.05) is 0 Å². The van der Waals surface area contributed by atoms with Gasteiger partial charge < -0.3 is 14.7 Å². The van der Waals surface area contributed by atoms with E-state index in [9.17, 15) is 62.7 Å². The van der Waals surface area contributed by atoms with E-state index in [4.69, 9.17) is 9.47 Å². The van der Waals surface area contributed by atoms with Gasteiger partial charge in [0, 0.05) is 6.42 Å². The number of hydrogen-bond acceptors (Lipinski definition) is 7. The molecule has 20 heteroatoms. The van der Waals surface area contributed by atoms with Gasteiger partial charge in [-0.2, -0.15) is 57.0 Å². The van der Waals surface area contributed by atoms with Crippen molar-refractivity contribution in [3.05, 3.63) is 0 Å². The molecule has 0 spiro atoms. The van der Waals surface area contributed by atoms with Gasteiger partial charge in [0.25, 0.3) is 5.67 Å². The van der Waals surface area contributed by atoms with Gasteiger partial charge in [0.1, 0.15) is 17.6 Å². The number of ether oxygens (including phenoxy) is 2. The minimum absolute atomic E-state index is 0.171. The van der Waals surface area contributed by atoms with Crippen LogP contribution in [0.4, 0.5) is 57.1 Å². The molecule has 0 aromatic rings. The Morgan fingerprint density at radius 3 is 1.67 bits per heavy atom. The van der Waals surface area contributed by atoms with Crippen LogP contribution in [0.2, 0.25) is 0 Å². The third kappa shape index (κ3) is 3.97. The van der Waals surface area contributed by atoms with Crippen LogP contribution in [0.1, 0.15) is 38.5 Å². The molecular weight excluding hydrogens is 603 g/mol. The second-order valence-electron chi connectivity index (χ2n) is 10.4. The monoisotopic (exact) mass is 619 g/mol. The summed E-state index contributed by atoms with van der Waals surface area (Å²) in [6.45, 7) is -2.92. The molecule has 0 N–H and O–H groups in total. The zero-order valence-corrected chi connectivity index (χ0v) is 19.7. The molecule has 0 heterocycles. The molecule has 226 valence electrons. The predicted octanol–water partition coefficient (Wildman–Crippen LogP) is 5.00. The molecule has 5 aliphatic rings. The molecule has 0 aliphatic heterocycles. The molecule has 0 aromatic carbocycles. The Hall–Kier alpha value is -1.25. The number of halogens is 13. The molecule has 2 unspecified atom stereocenters. The number of hydrogen-bond donors (Lipinski definition) is 0. The van der Waals surface area contributed by atoms with Crippen LogP contribution < -0.4 is 5.26 Å². The van der Waals surface area contributed by atoms with Gasteiger partial charge in [0.05, 0.1) is 12.2 Å². The summed E-state index contributed by atoms with van der Waals surface area (Å²) in [5.74, 6) is -39.7. The zero-order valence-electron chi connectivity index (χ0n) is 18.9. The maximum absolute atomic E-state index is 15.2. The lowest BCUT2D eigenvalue weighted by molar-refractivity contribution is -0.777. The topological polar surface area (TPSA) is 77.1 Å². The summed E-state index contributed by atoms with van der Waals surface area (Å²) in [5, 5.41) is 7.93. The molecule has 2 atom stereocenters. The second kappa shape index (κ2) is 8.64. The molecule has 0 radical (unpaired) electrons. The van der Waals surface area contributed by atoms with E-state index in [-0.39, 0.29) is 32.1 Å². The highest BCUT2D eigenvalue weighted by molar-refractivity contribution is 7.96. The summed E-state index contributed by atoms with van der Waals surface area (Å²) in [6, 6.07) is 0. The number of alkyl halides is 13. The van der Waals surface area contributed by atoms with E-state index >= 15 is 4.39 Å². The summed E-state index contributed by atoms with van der Waals surface area (Å²) >= 11 is -1.05. The fourth-order valence-corrected chi connectivity index (χ4v) is 6.67. The molecule has 5 rings (SSSR count). The van der Waals surface area contributed by atoms with E-state index in [0.29, 0.717) is 0 Å². The molecule has 0 saturated heterocycles. The van der Waals surface area contributed by atoms with Crippen LogP contribution in [0.3, 0.4) is 0 Å². The van der Waals surface area contributed by atoms with Gasteiger partial charge in [0.15, 0.2) is 0 Å². The van der Waals surface area contributed by atoms with E-state index in [2.05, 4.69) is 9.37 Å². The Kier molecular flexibility index (Phi) is 6.80. The summed E-state index contributed by atoms with van der Waals surface area (Å²) in [4.78, 5) is 12.0. The summed E-state index contributed by atoms with van der Waals surface area (Å²) in [7, 11) is 0. The minimum atomic E-state index is -7.37. The number of esters is 1. The number of carbonyl (C=O) groups excluding carboxylic acids is 1. The van der Waals surface area contributed by atoms with Crippen molar-refractivity contribution in [1.29, 1.82) is 0 Å². The molecule has 5 fully saturated rings. The Bertz CT molecular complexity index is 964. The van der Waals surface area contributed by atoms with Crippen LogP contribution in [0.15, 0.2) is 0 Å². The molecule has 4 bridgehead atoms. The third-order valence-corrected chi connectivity index (χ3v) is 8.32. The molecule has 39 heavy (non-hydrogen) atoms. The van der Waals surface area contributed by atoms with Crippen molar-refractivity contribution in [1.82, 2.24) is 0 Å². The quantitative estimate of drug-likeness (QED) is 0.125. The lowest BCUT2D eigenvalue weighted by Gasteiger charge is -2.61. The first-order valence-corrected chi connectivity index (χ1v) is 11.7. The first kappa shape index (κ1) is 30.7. The second-order valence-corrected chi connectivity index (χ2v) is 11.2. The predicted molar refractivity (Wildman–Crippen MR) is 95.5 cm³/mol. The van der Waals surface area contributed by atoms with Crippen LogP contribution in [-0.4, -0.2) is 64.3 Å². The smallest absolute Gasteiger partial charge is 0.415 e. The molecular formula is C19H16F13O6S-. The average Bonchev–Trinajstić information content (AvgIpc) is 2.78. The maximum Gasteiger partial charge on any atom is 0.415 e. The summed E-state index contributed by atoms with van der Waals surface area (Å²) in [6.07, 6.45) is -1.48. The average molecular weight is 619 g/mol. The summed E-state index contributed by atoms with van der Waals surface area (Å²) in [5.41, 5.74) is -10.4. The molecule has 0 amide bonds. The van der Waals surface area contributed by atoms with Gasteiger partial charge in [-0.1, -0.05) is 0 Å². The summed E-state index contributed by atoms with van der Waals surface area (Å²) < 4.78 is 195. The van der Waals surface area contributed by atoms with Crippen molar-refractivity contribution in [2.75, 3.05) is 6.61 Å². The first-order valence-electron chi connectivity index (χ1n) is 10.9. The largest absolute Gasteiger partial charge is 0.691 e. The lowest BCUT2D eigenvalue weighted by atomic mass is 9.52. The van der Waals surface area contributed by atoms with Crippen LogP contribution in [-0.2, 0) is 23.6 Å². The van der Waals surface area contributed by atoms with Gasteiger partial charge in [-0.3, -0.25) is 5.04 Å². The Balaban J connectivity index is 1.62. The SMILES string of the molecule is O=C(OC12CC3CC(CC(OCC4(F)C(F)(F)C(F)(F)C(F)(F)C(F)(F)C4(F)F)(C3)C1)C2)C(F)(F)SOO[O-]. The highest BCUT2D eigenvalue weighted by atomic mass is 32.2.